The minimum Gasteiger partial charge on any atom is -0.361 e. The lowest BCUT2D eigenvalue weighted by molar-refractivity contribution is 0.262. The van der Waals surface area contributed by atoms with Gasteiger partial charge in [0.25, 0.3) is 0 Å². The van der Waals surface area contributed by atoms with E-state index in [1.54, 1.807) is 10.5 Å². The molecule has 0 aliphatic carbocycles. The highest BCUT2D eigenvalue weighted by atomic mass is 35.5. The lowest BCUT2D eigenvalue weighted by Crippen LogP contribution is -2.39. The molecular formula is C28H29ClN4O2S. The molecule has 0 radical (unpaired) electrons. The van der Waals surface area contributed by atoms with Crippen LogP contribution in [-0.2, 0) is 10.0 Å². The summed E-state index contributed by atoms with van der Waals surface area (Å²) in [5, 5.41) is 3.50. The van der Waals surface area contributed by atoms with Gasteiger partial charge < -0.3 is 4.98 Å². The molecule has 0 saturated carbocycles. The number of sulfonamides is 1. The molecule has 6 rings (SSSR count). The van der Waals surface area contributed by atoms with Gasteiger partial charge in [-0.2, -0.15) is 4.31 Å². The lowest BCUT2D eigenvalue weighted by Gasteiger charge is -2.30. The molecule has 2 aromatic carbocycles. The van der Waals surface area contributed by atoms with Crippen LogP contribution in [0.2, 0.25) is 5.02 Å². The fourth-order valence-electron chi connectivity index (χ4n) is 5.68. The molecule has 0 amide bonds. The molecule has 1 N–H and O–H groups in total. The van der Waals surface area contributed by atoms with Gasteiger partial charge in [0, 0.05) is 76.5 Å². The molecule has 2 aromatic heterocycles. The van der Waals surface area contributed by atoms with Crippen LogP contribution in [0.25, 0.3) is 27.2 Å². The van der Waals surface area contributed by atoms with E-state index in [4.69, 9.17) is 11.6 Å². The Morgan fingerprint density at radius 2 is 1.97 bits per heavy atom. The van der Waals surface area contributed by atoms with Crippen molar-refractivity contribution >= 4 is 48.9 Å². The molecule has 4 aromatic rings. The minimum atomic E-state index is -3.60. The van der Waals surface area contributed by atoms with Gasteiger partial charge in [-0.15, -0.1) is 0 Å². The summed E-state index contributed by atoms with van der Waals surface area (Å²) in [4.78, 5) is 10.3. The number of aromatic nitrogens is 2. The number of nitrogens with zero attached hydrogens (tertiary/aromatic N) is 3. The molecule has 1 fully saturated rings. The zero-order valence-electron chi connectivity index (χ0n) is 20.0. The predicted octanol–water partition coefficient (Wildman–Crippen LogP) is 5.70. The van der Waals surface area contributed by atoms with Gasteiger partial charge in [0.1, 0.15) is 4.90 Å². The van der Waals surface area contributed by atoms with Crippen LogP contribution in [0.15, 0.2) is 72.0 Å². The molecule has 0 unspecified atom stereocenters. The second kappa shape index (κ2) is 9.63. The topological polar surface area (TPSA) is 69.3 Å². The van der Waals surface area contributed by atoms with E-state index >= 15 is 0 Å². The maximum absolute atomic E-state index is 13.7. The number of hydrogen-bond acceptors (Lipinski definition) is 4. The Kier molecular flexibility index (Phi) is 6.33. The highest BCUT2D eigenvalue weighted by molar-refractivity contribution is 7.89. The molecule has 0 spiro atoms. The summed E-state index contributed by atoms with van der Waals surface area (Å²) in [7, 11) is -3.60. The normalized spacial score (nSPS) is 19.8. The predicted molar refractivity (Wildman–Crippen MR) is 146 cm³/mol. The Morgan fingerprint density at radius 3 is 2.83 bits per heavy atom. The van der Waals surface area contributed by atoms with Gasteiger partial charge in [0.15, 0.2) is 0 Å². The number of fused-ring (bicyclic) bond motifs is 2. The molecule has 2 aliphatic rings. The number of rotatable bonds is 6. The molecule has 36 heavy (non-hydrogen) atoms. The number of halogens is 1. The van der Waals surface area contributed by atoms with E-state index in [0.717, 1.165) is 72.0 Å². The number of aromatic amines is 1. The van der Waals surface area contributed by atoms with Gasteiger partial charge in [-0.05, 0) is 56.0 Å². The van der Waals surface area contributed by atoms with Crippen molar-refractivity contribution in [1.29, 1.82) is 0 Å². The fourth-order valence-corrected chi connectivity index (χ4v) is 7.74. The van der Waals surface area contributed by atoms with Crippen LogP contribution in [-0.4, -0.2) is 59.8 Å². The largest absolute Gasteiger partial charge is 0.361 e. The molecule has 1 atom stereocenters. The maximum Gasteiger partial charge on any atom is 0.245 e. The van der Waals surface area contributed by atoms with Crippen molar-refractivity contribution in [2.75, 3.05) is 26.2 Å². The summed E-state index contributed by atoms with van der Waals surface area (Å²) in [6.45, 7) is 3.29. The van der Waals surface area contributed by atoms with Crippen molar-refractivity contribution in [3.05, 3.63) is 77.7 Å². The van der Waals surface area contributed by atoms with E-state index in [9.17, 15) is 8.42 Å². The summed E-state index contributed by atoms with van der Waals surface area (Å²) >= 11 is 6.23. The molecule has 186 valence electrons. The quantitative estimate of drug-likeness (QED) is 0.354. The van der Waals surface area contributed by atoms with Crippen molar-refractivity contribution in [3.63, 3.8) is 0 Å². The van der Waals surface area contributed by atoms with E-state index in [1.807, 2.05) is 42.5 Å². The first kappa shape index (κ1) is 23.7. The number of H-pyrrole nitrogens is 1. The highest BCUT2D eigenvalue weighted by Crippen LogP contribution is 2.33. The first-order valence-electron chi connectivity index (χ1n) is 12.5. The zero-order valence-corrected chi connectivity index (χ0v) is 21.6. The fraction of sp³-hybridized carbons (Fsp3) is 0.321. The van der Waals surface area contributed by atoms with Gasteiger partial charge in [-0.3, -0.25) is 9.88 Å². The van der Waals surface area contributed by atoms with E-state index < -0.39 is 10.0 Å². The monoisotopic (exact) mass is 520 g/mol. The number of hydrogen-bond donors (Lipinski definition) is 1. The summed E-state index contributed by atoms with van der Waals surface area (Å²) < 4.78 is 29.1. The molecule has 1 saturated heterocycles. The Morgan fingerprint density at radius 1 is 1.08 bits per heavy atom. The van der Waals surface area contributed by atoms with Crippen molar-refractivity contribution in [2.45, 2.75) is 36.6 Å². The van der Waals surface area contributed by atoms with Crippen molar-refractivity contribution in [3.8, 4) is 0 Å². The smallest absolute Gasteiger partial charge is 0.245 e. The van der Waals surface area contributed by atoms with Gasteiger partial charge in [0.2, 0.25) is 10.0 Å². The molecule has 2 aliphatic heterocycles. The van der Waals surface area contributed by atoms with Crippen LogP contribution in [0.4, 0.5) is 0 Å². The van der Waals surface area contributed by atoms with Crippen molar-refractivity contribution in [2.24, 2.45) is 0 Å². The standard InChI is InChI=1S/C28H29ClN4O2S/c29-22-7-8-27-25(16-22)26(18-31-27)20-9-13-32(14-10-20)15-11-23-5-3-12-33(23)36(34,35)28-19-30-17-21-4-1-2-6-24(21)28/h1-2,4,6-9,16-19,23,31H,3,5,10-15H2/t23-/m1/s1. The third-order valence-corrected chi connectivity index (χ3v) is 9.82. The third-order valence-electron chi connectivity index (χ3n) is 7.60. The first-order valence-corrected chi connectivity index (χ1v) is 14.4. The van der Waals surface area contributed by atoms with Crippen LogP contribution in [0, 0.1) is 0 Å². The van der Waals surface area contributed by atoms with Gasteiger partial charge >= 0.3 is 0 Å². The summed E-state index contributed by atoms with van der Waals surface area (Å²) in [6.07, 6.45) is 11.2. The zero-order chi connectivity index (χ0) is 24.7. The third kappa shape index (κ3) is 4.34. The summed E-state index contributed by atoms with van der Waals surface area (Å²) in [5.41, 5.74) is 3.67. The SMILES string of the molecule is O=S(=O)(c1cncc2ccccc12)N1CCC[C@@H]1CCN1CC=C(c2c[nH]c3ccc(Cl)cc23)CC1. The Labute approximate surface area is 216 Å². The van der Waals surface area contributed by atoms with E-state index in [0.29, 0.717) is 11.4 Å². The van der Waals surface area contributed by atoms with Gasteiger partial charge in [-0.25, -0.2) is 8.42 Å². The highest BCUT2D eigenvalue weighted by Gasteiger charge is 2.36. The van der Waals surface area contributed by atoms with Crippen LogP contribution < -0.4 is 0 Å². The molecule has 4 heterocycles. The van der Waals surface area contributed by atoms with Crippen LogP contribution in [0.1, 0.15) is 31.2 Å². The number of nitrogens with one attached hydrogen (secondary N) is 1. The van der Waals surface area contributed by atoms with Gasteiger partial charge in [0.05, 0.1) is 0 Å². The second-order valence-electron chi connectivity index (χ2n) is 9.73. The molecule has 0 bridgehead atoms. The number of pyridine rings is 1. The van der Waals surface area contributed by atoms with Gasteiger partial charge in [-0.1, -0.05) is 41.9 Å². The van der Waals surface area contributed by atoms with Crippen molar-refractivity contribution < 1.29 is 8.42 Å². The lowest BCUT2D eigenvalue weighted by atomic mass is 9.98. The van der Waals surface area contributed by atoms with E-state index in [-0.39, 0.29) is 6.04 Å². The van der Waals surface area contributed by atoms with E-state index in [2.05, 4.69) is 27.1 Å². The van der Waals surface area contributed by atoms with Crippen LogP contribution in [0.3, 0.4) is 0 Å². The Hall–Kier alpha value is -2.71. The summed E-state index contributed by atoms with van der Waals surface area (Å²) in [6, 6.07) is 13.5. The minimum absolute atomic E-state index is 0.0232. The number of benzene rings is 2. The molecule has 6 nitrogen and oxygen atoms in total. The maximum atomic E-state index is 13.7. The first-order chi connectivity index (χ1) is 17.5. The van der Waals surface area contributed by atoms with Crippen LogP contribution in [0.5, 0.6) is 0 Å². The van der Waals surface area contributed by atoms with E-state index in [1.165, 1.54) is 17.3 Å². The second-order valence-corrected chi connectivity index (χ2v) is 12.0. The Balaban J connectivity index is 1.14. The molecular weight excluding hydrogens is 492 g/mol. The molecule has 8 heteroatoms. The average Bonchev–Trinajstić information content (AvgIpc) is 3.55. The Bertz CT molecular complexity index is 1560. The van der Waals surface area contributed by atoms with Crippen molar-refractivity contribution in [1.82, 2.24) is 19.2 Å². The van der Waals surface area contributed by atoms with Crippen LogP contribution >= 0.6 is 11.6 Å². The summed E-state index contributed by atoms with van der Waals surface area (Å²) in [5.74, 6) is 0. The average molecular weight is 521 g/mol.